The zero-order valence-corrected chi connectivity index (χ0v) is 12.6. The summed E-state index contributed by atoms with van der Waals surface area (Å²) in [6.07, 6.45) is 5.32. The second-order valence-electron chi connectivity index (χ2n) is 3.90. The highest BCUT2D eigenvalue weighted by Gasteiger charge is 2.16. The molecule has 2 heterocycles. The van der Waals surface area contributed by atoms with Crippen LogP contribution in [0.3, 0.4) is 0 Å². The molecule has 1 N–H and O–H groups in total. The monoisotopic (exact) mass is 297 g/mol. The van der Waals surface area contributed by atoms with Crippen molar-refractivity contribution in [2.24, 2.45) is 0 Å². The maximum absolute atomic E-state index is 6.03. The van der Waals surface area contributed by atoms with Crippen molar-refractivity contribution in [3.05, 3.63) is 55.9 Å². The zero-order valence-electron chi connectivity index (χ0n) is 10.2. The van der Waals surface area contributed by atoms with E-state index in [1.54, 1.807) is 22.7 Å². The lowest BCUT2D eigenvalue weighted by atomic mass is 10.2. The number of thiophene rings is 2. The van der Waals surface area contributed by atoms with Crippen LogP contribution in [0.25, 0.3) is 0 Å². The van der Waals surface area contributed by atoms with E-state index in [0.29, 0.717) is 0 Å². The Kier molecular flexibility index (Phi) is 5.45. The van der Waals surface area contributed by atoms with E-state index >= 15 is 0 Å². The van der Waals surface area contributed by atoms with Gasteiger partial charge in [-0.2, -0.15) is 0 Å². The van der Waals surface area contributed by atoms with Crippen molar-refractivity contribution in [1.82, 2.24) is 5.32 Å². The average Bonchev–Trinajstić information content (AvgIpc) is 3.01. The highest BCUT2D eigenvalue weighted by molar-refractivity contribution is 7.16. The third-order valence-corrected chi connectivity index (χ3v) is 4.83. The van der Waals surface area contributed by atoms with Gasteiger partial charge >= 0.3 is 0 Å². The third-order valence-electron chi connectivity index (χ3n) is 2.60. The summed E-state index contributed by atoms with van der Waals surface area (Å²) in [5.41, 5.74) is 0. The molecular weight excluding hydrogens is 282 g/mol. The van der Waals surface area contributed by atoms with Crippen LogP contribution >= 0.6 is 34.3 Å². The van der Waals surface area contributed by atoms with Crippen molar-refractivity contribution in [2.75, 3.05) is 6.54 Å². The Hall–Kier alpha value is -0.610. The van der Waals surface area contributed by atoms with Crippen LogP contribution in [0.5, 0.6) is 0 Å². The Morgan fingerprint density at radius 1 is 1.33 bits per heavy atom. The Labute approximate surface area is 121 Å². The Balaban J connectivity index is 2.08. The molecule has 0 radical (unpaired) electrons. The normalized spacial score (nSPS) is 13.2. The zero-order chi connectivity index (χ0) is 12.8. The van der Waals surface area contributed by atoms with Gasteiger partial charge in [0, 0.05) is 9.75 Å². The summed E-state index contributed by atoms with van der Waals surface area (Å²) in [7, 11) is 0. The maximum Gasteiger partial charge on any atom is 0.0931 e. The molecule has 2 aromatic rings. The number of allylic oxidation sites excluding steroid dienone is 1. The molecule has 4 heteroatoms. The van der Waals surface area contributed by atoms with Gasteiger partial charge < -0.3 is 5.32 Å². The van der Waals surface area contributed by atoms with Crippen LogP contribution in [0, 0.1) is 0 Å². The Morgan fingerprint density at radius 3 is 2.83 bits per heavy atom. The summed E-state index contributed by atoms with van der Waals surface area (Å²) in [5.74, 6) is 0. The Bertz CT molecular complexity index is 488. The molecule has 0 aromatic carbocycles. The van der Waals surface area contributed by atoms with Crippen LogP contribution in [0.15, 0.2) is 41.8 Å². The number of rotatable bonds is 6. The standard InChI is InChI=1S/C14H16ClNS2/c1-2-3-4-9-16-14(11-6-5-10-17-11)12-7-8-13(15)18-12/h2-3,5-8,10,14,16H,4,9H2,1H3/b3-2+. The summed E-state index contributed by atoms with van der Waals surface area (Å²) in [4.78, 5) is 2.62. The van der Waals surface area contributed by atoms with Crippen LogP contribution in [-0.4, -0.2) is 6.54 Å². The van der Waals surface area contributed by atoms with Gasteiger partial charge in [-0.05, 0) is 43.5 Å². The molecule has 0 saturated carbocycles. The predicted molar refractivity (Wildman–Crippen MR) is 82.9 cm³/mol. The molecule has 0 amide bonds. The second-order valence-corrected chi connectivity index (χ2v) is 6.63. The lowest BCUT2D eigenvalue weighted by Crippen LogP contribution is -2.21. The minimum absolute atomic E-state index is 0.271. The van der Waals surface area contributed by atoms with Crippen LogP contribution in [0.2, 0.25) is 4.34 Å². The first-order valence-electron chi connectivity index (χ1n) is 5.94. The van der Waals surface area contributed by atoms with E-state index in [1.807, 2.05) is 6.07 Å². The SMILES string of the molecule is C/C=C/CCNC(c1cccs1)c1ccc(Cl)s1. The van der Waals surface area contributed by atoms with E-state index < -0.39 is 0 Å². The first kappa shape index (κ1) is 13.8. The first-order valence-corrected chi connectivity index (χ1v) is 8.02. The van der Waals surface area contributed by atoms with Gasteiger partial charge in [0.15, 0.2) is 0 Å². The topological polar surface area (TPSA) is 12.0 Å². The Morgan fingerprint density at radius 2 is 2.22 bits per heavy atom. The number of halogens is 1. The van der Waals surface area contributed by atoms with Crippen molar-refractivity contribution in [2.45, 2.75) is 19.4 Å². The van der Waals surface area contributed by atoms with Crippen molar-refractivity contribution in [1.29, 1.82) is 0 Å². The molecule has 1 nitrogen and oxygen atoms in total. The molecule has 96 valence electrons. The van der Waals surface area contributed by atoms with Gasteiger partial charge in [0.05, 0.1) is 10.4 Å². The average molecular weight is 298 g/mol. The van der Waals surface area contributed by atoms with Gasteiger partial charge in [-0.15, -0.1) is 22.7 Å². The molecule has 0 bridgehead atoms. The summed E-state index contributed by atoms with van der Waals surface area (Å²) < 4.78 is 0.849. The first-order chi connectivity index (χ1) is 8.81. The highest BCUT2D eigenvalue weighted by Crippen LogP contribution is 2.32. The molecule has 2 rings (SSSR count). The quantitative estimate of drug-likeness (QED) is 0.577. The smallest absolute Gasteiger partial charge is 0.0931 e. The van der Waals surface area contributed by atoms with Crippen molar-refractivity contribution in [3.8, 4) is 0 Å². The van der Waals surface area contributed by atoms with E-state index in [0.717, 1.165) is 17.3 Å². The lowest BCUT2D eigenvalue weighted by Gasteiger charge is -2.15. The molecule has 0 spiro atoms. The summed E-state index contributed by atoms with van der Waals surface area (Å²) in [5, 5.41) is 5.71. The maximum atomic E-state index is 6.03. The molecule has 18 heavy (non-hydrogen) atoms. The fourth-order valence-electron chi connectivity index (χ4n) is 1.76. The largest absolute Gasteiger partial charge is 0.305 e. The van der Waals surface area contributed by atoms with Gasteiger partial charge in [-0.25, -0.2) is 0 Å². The minimum atomic E-state index is 0.271. The van der Waals surface area contributed by atoms with Gasteiger partial charge in [-0.1, -0.05) is 29.8 Å². The summed E-state index contributed by atoms with van der Waals surface area (Å²) >= 11 is 9.46. The lowest BCUT2D eigenvalue weighted by molar-refractivity contribution is 0.627. The predicted octanol–water partition coefficient (Wildman–Crippen LogP) is 5.11. The van der Waals surface area contributed by atoms with E-state index in [9.17, 15) is 0 Å². The summed E-state index contributed by atoms with van der Waals surface area (Å²) in [6, 6.07) is 8.62. The highest BCUT2D eigenvalue weighted by atomic mass is 35.5. The molecule has 0 aliphatic heterocycles. The van der Waals surface area contributed by atoms with Gasteiger partial charge in [0.25, 0.3) is 0 Å². The summed E-state index contributed by atoms with van der Waals surface area (Å²) in [6.45, 7) is 3.03. The van der Waals surface area contributed by atoms with E-state index in [-0.39, 0.29) is 6.04 Å². The van der Waals surface area contributed by atoms with Crippen molar-refractivity contribution in [3.63, 3.8) is 0 Å². The van der Waals surface area contributed by atoms with Gasteiger partial charge in [-0.3, -0.25) is 0 Å². The third kappa shape index (κ3) is 3.69. The molecule has 0 fully saturated rings. The van der Waals surface area contributed by atoms with E-state index in [1.165, 1.54) is 9.75 Å². The van der Waals surface area contributed by atoms with Crippen molar-refractivity contribution < 1.29 is 0 Å². The fourth-order valence-corrected chi connectivity index (χ4v) is 3.81. The minimum Gasteiger partial charge on any atom is -0.305 e. The van der Waals surface area contributed by atoms with Crippen LogP contribution < -0.4 is 5.32 Å². The van der Waals surface area contributed by atoms with E-state index in [4.69, 9.17) is 11.6 Å². The number of nitrogens with one attached hydrogen (secondary N) is 1. The molecule has 0 saturated heterocycles. The van der Waals surface area contributed by atoms with Gasteiger partial charge in [0.1, 0.15) is 0 Å². The fraction of sp³-hybridized carbons (Fsp3) is 0.286. The van der Waals surface area contributed by atoms with Gasteiger partial charge in [0.2, 0.25) is 0 Å². The molecule has 0 aliphatic carbocycles. The molecule has 1 atom stereocenters. The van der Waals surface area contributed by atoms with Crippen molar-refractivity contribution >= 4 is 34.3 Å². The van der Waals surface area contributed by atoms with Crippen LogP contribution in [-0.2, 0) is 0 Å². The molecule has 0 aliphatic rings. The molecule has 2 aromatic heterocycles. The number of hydrogen-bond acceptors (Lipinski definition) is 3. The van der Waals surface area contributed by atoms with Crippen LogP contribution in [0.1, 0.15) is 29.1 Å². The molecule has 1 unspecified atom stereocenters. The van der Waals surface area contributed by atoms with Crippen LogP contribution in [0.4, 0.5) is 0 Å². The van der Waals surface area contributed by atoms with E-state index in [2.05, 4.69) is 48.0 Å². The second kappa shape index (κ2) is 7.10. The number of hydrogen-bond donors (Lipinski definition) is 1. The molecular formula is C14H16ClNS2.